The number of hydrogen-bond donors (Lipinski definition) is 0. The zero-order chi connectivity index (χ0) is 11.8. The van der Waals surface area contributed by atoms with Gasteiger partial charge in [-0.1, -0.05) is 13.3 Å². The highest BCUT2D eigenvalue weighted by atomic mass is 16.2. The molecule has 1 amide bonds. The summed E-state index contributed by atoms with van der Waals surface area (Å²) in [5.74, 6) is 3.77. The summed E-state index contributed by atoms with van der Waals surface area (Å²) in [4.78, 5) is 14.4. The van der Waals surface area contributed by atoms with Crippen LogP contribution in [0.4, 0.5) is 0 Å². The average molecular weight is 235 g/mol. The van der Waals surface area contributed by atoms with Crippen molar-refractivity contribution in [2.24, 2.45) is 23.7 Å². The Labute approximate surface area is 105 Å². The van der Waals surface area contributed by atoms with E-state index in [-0.39, 0.29) is 0 Å². The first-order valence-corrected chi connectivity index (χ1v) is 7.50. The first-order chi connectivity index (χ1) is 8.22. The van der Waals surface area contributed by atoms with Crippen LogP contribution in [0.2, 0.25) is 0 Å². The molecule has 1 heterocycles. The van der Waals surface area contributed by atoms with Gasteiger partial charge in [0.05, 0.1) is 0 Å². The number of rotatable bonds is 2. The van der Waals surface area contributed by atoms with Gasteiger partial charge in [0, 0.05) is 19.5 Å². The van der Waals surface area contributed by atoms with Crippen LogP contribution in [0.25, 0.3) is 0 Å². The number of carbonyl (C=O) groups is 1. The van der Waals surface area contributed by atoms with Crippen LogP contribution in [0, 0.1) is 23.7 Å². The van der Waals surface area contributed by atoms with E-state index in [0.29, 0.717) is 11.8 Å². The second-order valence-corrected chi connectivity index (χ2v) is 6.73. The Bertz CT molecular complexity index is 301. The Morgan fingerprint density at radius 3 is 2.76 bits per heavy atom. The van der Waals surface area contributed by atoms with E-state index in [1.165, 1.54) is 38.5 Å². The highest BCUT2D eigenvalue weighted by molar-refractivity contribution is 5.76. The standard InChI is InChI=1S/C15H25NO/c1-11-3-2-6-16(10-11)15(17)9-14-8-12-4-5-13(14)7-12/h11-14H,2-10H2,1H3. The summed E-state index contributed by atoms with van der Waals surface area (Å²) in [7, 11) is 0. The Kier molecular flexibility index (Phi) is 3.14. The molecule has 0 aromatic carbocycles. The van der Waals surface area contributed by atoms with Crippen molar-refractivity contribution in [3.8, 4) is 0 Å². The van der Waals surface area contributed by atoms with Crippen LogP contribution in [0.15, 0.2) is 0 Å². The summed E-state index contributed by atoms with van der Waals surface area (Å²) >= 11 is 0. The predicted molar refractivity (Wildman–Crippen MR) is 68.5 cm³/mol. The highest BCUT2D eigenvalue weighted by Crippen LogP contribution is 2.49. The Balaban J connectivity index is 1.53. The molecule has 0 aromatic heterocycles. The molecule has 0 aromatic rings. The minimum Gasteiger partial charge on any atom is -0.342 e. The van der Waals surface area contributed by atoms with Crippen LogP contribution in [0.5, 0.6) is 0 Å². The molecule has 4 unspecified atom stereocenters. The van der Waals surface area contributed by atoms with Crippen molar-refractivity contribution in [1.82, 2.24) is 4.90 Å². The smallest absolute Gasteiger partial charge is 0.222 e. The maximum atomic E-state index is 12.3. The number of nitrogens with zero attached hydrogens (tertiary/aromatic N) is 1. The van der Waals surface area contributed by atoms with Gasteiger partial charge < -0.3 is 4.90 Å². The van der Waals surface area contributed by atoms with Crippen LogP contribution in [0.1, 0.15) is 51.9 Å². The van der Waals surface area contributed by atoms with Gasteiger partial charge in [-0.15, -0.1) is 0 Å². The summed E-state index contributed by atoms with van der Waals surface area (Å²) in [5, 5.41) is 0. The molecule has 4 atom stereocenters. The van der Waals surface area contributed by atoms with Crippen molar-refractivity contribution in [2.45, 2.75) is 51.9 Å². The molecule has 2 nitrogen and oxygen atoms in total. The largest absolute Gasteiger partial charge is 0.342 e. The van der Waals surface area contributed by atoms with Gasteiger partial charge in [-0.3, -0.25) is 4.79 Å². The summed E-state index contributed by atoms with van der Waals surface area (Å²) in [6.45, 7) is 4.31. The summed E-state index contributed by atoms with van der Waals surface area (Å²) in [6, 6.07) is 0. The zero-order valence-corrected chi connectivity index (χ0v) is 11.0. The fourth-order valence-corrected chi connectivity index (χ4v) is 4.40. The molecule has 3 rings (SSSR count). The summed E-state index contributed by atoms with van der Waals surface area (Å²) in [6.07, 6.45) is 8.98. The van der Waals surface area contributed by atoms with E-state index >= 15 is 0 Å². The highest BCUT2D eigenvalue weighted by Gasteiger charge is 2.40. The van der Waals surface area contributed by atoms with Crippen LogP contribution >= 0.6 is 0 Å². The Hall–Kier alpha value is -0.530. The van der Waals surface area contributed by atoms with E-state index in [2.05, 4.69) is 11.8 Å². The lowest BCUT2D eigenvalue weighted by Gasteiger charge is -2.32. The van der Waals surface area contributed by atoms with Crippen molar-refractivity contribution in [3.05, 3.63) is 0 Å². The third-order valence-corrected chi connectivity index (χ3v) is 5.33. The topological polar surface area (TPSA) is 20.3 Å². The van der Waals surface area contributed by atoms with E-state index in [4.69, 9.17) is 0 Å². The van der Waals surface area contributed by atoms with Crippen molar-refractivity contribution in [2.75, 3.05) is 13.1 Å². The third kappa shape index (κ3) is 2.36. The Morgan fingerprint density at radius 2 is 2.12 bits per heavy atom. The van der Waals surface area contributed by atoms with Gasteiger partial charge in [0.2, 0.25) is 5.91 Å². The molecule has 0 spiro atoms. The van der Waals surface area contributed by atoms with Crippen LogP contribution in [-0.4, -0.2) is 23.9 Å². The molecule has 0 N–H and O–H groups in total. The van der Waals surface area contributed by atoms with Crippen LogP contribution in [-0.2, 0) is 4.79 Å². The normalized spacial score (nSPS) is 40.9. The molecular weight excluding hydrogens is 210 g/mol. The fraction of sp³-hybridized carbons (Fsp3) is 0.933. The minimum atomic E-state index is 0.453. The molecule has 3 aliphatic rings. The third-order valence-electron chi connectivity index (χ3n) is 5.33. The van der Waals surface area contributed by atoms with E-state index < -0.39 is 0 Å². The molecule has 96 valence electrons. The van der Waals surface area contributed by atoms with Crippen molar-refractivity contribution in [1.29, 1.82) is 0 Å². The molecule has 1 saturated heterocycles. The molecule has 2 bridgehead atoms. The van der Waals surface area contributed by atoms with Gasteiger partial charge >= 0.3 is 0 Å². The van der Waals surface area contributed by atoms with Gasteiger partial charge in [0.25, 0.3) is 0 Å². The predicted octanol–water partition coefficient (Wildman–Crippen LogP) is 3.07. The molecule has 2 saturated carbocycles. The first kappa shape index (κ1) is 11.6. The average Bonchev–Trinajstić information content (AvgIpc) is 2.91. The van der Waals surface area contributed by atoms with E-state index in [9.17, 15) is 4.79 Å². The number of likely N-dealkylation sites (tertiary alicyclic amines) is 1. The minimum absolute atomic E-state index is 0.453. The second-order valence-electron chi connectivity index (χ2n) is 6.73. The van der Waals surface area contributed by atoms with Gasteiger partial charge in [0.15, 0.2) is 0 Å². The number of amides is 1. The second kappa shape index (κ2) is 4.62. The van der Waals surface area contributed by atoms with Gasteiger partial charge in [-0.2, -0.15) is 0 Å². The summed E-state index contributed by atoms with van der Waals surface area (Å²) < 4.78 is 0. The maximum Gasteiger partial charge on any atom is 0.222 e. The maximum absolute atomic E-state index is 12.3. The monoisotopic (exact) mass is 235 g/mol. The molecule has 0 radical (unpaired) electrons. The molecule has 2 aliphatic carbocycles. The lowest BCUT2D eigenvalue weighted by Crippen LogP contribution is -2.40. The van der Waals surface area contributed by atoms with Crippen LogP contribution < -0.4 is 0 Å². The number of carbonyl (C=O) groups excluding carboxylic acids is 1. The van der Waals surface area contributed by atoms with E-state index in [1.807, 2.05) is 0 Å². The lowest BCUT2D eigenvalue weighted by atomic mass is 9.86. The summed E-state index contributed by atoms with van der Waals surface area (Å²) in [5.41, 5.74) is 0. The quantitative estimate of drug-likeness (QED) is 0.720. The molecule has 17 heavy (non-hydrogen) atoms. The van der Waals surface area contributed by atoms with Gasteiger partial charge in [0.1, 0.15) is 0 Å². The number of fused-ring (bicyclic) bond motifs is 2. The molecule has 3 fully saturated rings. The SMILES string of the molecule is CC1CCCN(C(=O)CC2CC3CCC2C3)C1. The van der Waals surface area contributed by atoms with E-state index in [0.717, 1.165) is 37.3 Å². The fourth-order valence-electron chi connectivity index (χ4n) is 4.40. The van der Waals surface area contributed by atoms with Gasteiger partial charge in [-0.25, -0.2) is 0 Å². The molecule has 1 aliphatic heterocycles. The number of piperidine rings is 1. The zero-order valence-electron chi connectivity index (χ0n) is 11.0. The van der Waals surface area contributed by atoms with Crippen LogP contribution in [0.3, 0.4) is 0 Å². The van der Waals surface area contributed by atoms with Crippen molar-refractivity contribution >= 4 is 5.91 Å². The van der Waals surface area contributed by atoms with Crippen molar-refractivity contribution < 1.29 is 4.79 Å². The molecular formula is C15H25NO. The van der Waals surface area contributed by atoms with Crippen molar-refractivity contribution in [3.63, 3.8) is 0 Å². The van der Waals surface area contributed by atoms with Gasteiger partial charge in [-0.05, 0) is 55.8 Å². The first-order valence-electron chi connectivity index (χ1n) is 7.50. The molecule has 2 heteroatoms. The number of hydrogen-bond acceptors (Lipinski definition) is 1. The lowest BCUT2D eigenvalue weighted by molar-refractivity contribution is -0.134. The Morgan fingerprint density at radius 1 is 1.24 bits per heavy atom. The van der Waals surface area contributed by atoms with E-state index in [1.54, 1.807) is 0 Å².